The van der Waals surface area contributed by atoms with Gasteiger partial charge in [-0.3, -0.25) is 0 Å². The van der Waals surface area contributed by atoms with Crippen LogP contribution in [0, 0.1) is 5.82 Å². The van der Waals surface area contributed by atoms with Gasteiger partial charge in [0.05, 0.1) is 31.2 Å². The summed E-state index contributed by atoms with van der Waals surface area (Å²) in [5.74, 6) is -3.70. The predicted molar refractivity (Wildman–Crippen MR) is 122 cm³/mol. The Morgan fingerprint density at radius 1 is 1.09 bits per heavy atom. The molecule has 0 bridgehead atoms. The number of alkyl halides is 5. The molecule has 0 atom stereocenters. The highest BCUT2D eigenvalue weighted by Gasteiger charge is 2.40. The maximum atomic E-state index is 13.6. The highest BCUT2D eigenvalue weighted by molar-refractivity contribution is 5.34. The molecule has 0 aliphatic carbocycles. The molecule has 0 saturated carbocycles. The van der Waals surface area contributed by atoms with Crippen LogP contribution in [-0.2, 0) is 10.2 Å². The molecule has 0 unspecified atom stereocenters. The van der Waals surface area contributed by atoms with E-state index in [1.54, 1.807) is 12.1 Å². The van der Waals surface area contributed by atoms with Crippen LogP contribution in [0.5, 0.6) is 0 Å². The van der Waals surface area contributed by atoms with E-state index in [9.17, 15) is 26.3 Å². The average molecular weight is 504 g/mol. The van der Waals surface area contributed by atoms with Crippen molar-refractivity contribution in [3.63, 3.8) is 0 Å². The van der Waals surface area contributed by atoms with Gasteiger partial charge in [-0.25, -0.2) is 13.2 Å². The highest BCUT2D eigenvalue weighted by atomic mass is 19.4. The quantitative estimate of drug-likeness (QED) is 0.401. The molecule has 194 valence electrons. The molecule has 1 aromatic rings. The van der Waals surface area contributed by atoms with E-state index in [0.717, 1.165) is 42.5 Å². The van der Waals surface area contributed by atoms with Crippen LogP contribution in [0.25, 0.3) is 0 Å². The van der Waals surface area contributed by atoms with Crippen molar-refractivity contribution in [2.24, 2.45) is 5.73 Å². The van der Waals surface area contributed by atoms with Gasteiger partial charge in [0, 0.05) is 18.4 Å². The van der Waals surface area contributed by atoms with Gasteiger partial charge >= 0.3 is 6.18 Å². The van der Waals surface area contributed by atoms with Gasteiger partial charge in [-0.2, -0.15) is 13.2 Å². The Hall–Kier alpha value is -2.46. The van der Waals surface area contributed by atoms with E-state index < -0.39 is 30.6 Å². The number of ether oxygens (including phenoxy) is 1. The molecule has 4 nitrogen and oxygen atoms in total. The number of hydrogen-bond acceptors (Lipinski definition) is 4. The molecule has 0 radical (unpaired) electrons. The standard InChI is InChI=1S/C25H31F6N3O/c1-18(13-20(25(29,30)31)14-22(32)34-12-9-24(27,28)16-34)15-35-17-23(7-10-33(2)11-8-23)19-3-5-21(26)6-4-19/h3-6,13-14H,1,7-12,15-17,32H2,2H3/b20-13+,22-14+. The highest BCUT2D eigenvalue weighted by Crippen LogP contribution is 2.36. The molecule has 0 amide bonds. The number of nitrogens with two attached hydrogens (primary N) is 1. The Labute approximate surface area is 201 Å². The summed E-state index contributed by atoms with van der Waals surface area (Å²) in [5, 5.41) is 0. The first kappa shape index (κ1) is 27.1. The summed E-state index contributed by atoms with van der Waals surface area (Å²) < 4.78 is 86.9. The van der Waals surface area contributed by atoms with Crippen molar-refractivity contribution < 1.29 is 31.1 Å². The third-order valence-electron chi connectivity index (χ3n) is 6.59. The van der Waals surface area contributed by atoms with Gasteiger partial charge < -0.3 is 20.3 Å². The molecule has 2 aliphatic rings. The first-order chi connectivity index (χ1) is 16.3. The Balaban J connectivity index is 1.69. The maximum absolute atomic E-state index is 13.6. The summed E-state index contributed by atoms with van der Waals surface area (Å²) in [4.78, 5) is 3.21. The second-order valence-corrected chi connectivity index (χ2v) is 9.44. The molecule has 0 spiro atoms. The van der Waals surface area contributed by atoms with Crippen LogP contribution in [0.2, 0.25) is 0 Å². The zero-order valence-corrected chi connectivity index (χ0v) is 19.7. The number of nitrogens with zero attached hydrogens (tertiary/aromatic N) is 2. The summed E-state index contributed by atoms with van der Waals surface area (Å²) >= 11 is 0. The van der Waals surface area contributed by atoms with Crippen molar-refractivity contribution in [2.45, 2.75) is 36.8 Å². The van der Waals surface area contributed by atoms with Gasteiger partial charge in [0.15, 0.2) is 0 Å². The van der Waals surface area contributed by atoms with E-state index in [1.807, 2.05) is 7.05 Å². The van der Waals surface area contributed by atoms with Gasteiger partial charge in [-0.15, -0.1) is 0 Å². The van der Waals surface area contributed by atoms with Crippen molar-refractivity contribution in [1.82, 2.24) is 9.80 Å². The Kier molecular flexibility index (Phi) is 8.26. The maximum Gasteiger partial charge on any atom is 0.416 e. The molecule has 2 aliphatic heterocycles. The third-order valence-corrected chi connectivity index (χ3v) is 6.59. The van der Waals surface area contributed by atoms with E-state index in [4.69, 9.17) is 10.5 Å². The molecule has 10 heteroatoms. The van der Waals surface area contributed by atoms with E-state index in [-0.39, 0.29) is 42.4 Å². The van der Waals surface area contributed by atoms with Gasteiger partial charge in [0.1, 0.15) is 5.82 Å². The molecule has 2 N–H and O–H groups in total. The van der Waals surface area contributed by atoms with Crippen molar-refractivity contribution in [3.8, 4) is 0 Å². The topological polar surface area (TPSA) is 41.7 Å². The summed E-state index contributed by atoms with van der Waals surface area (Å²) in [6, 6.07) is 6.21. The SMILES string of the molecule is C=C(/C=C(\C=C(/N)N1CCC(F)(F)C1)C(F)(F)F)COCC1(c2ccc(F)cc2)CCN(C)CC1. The van der Waals surface area contributed by atoms with Crippen LogP contribution >= 0.6 is 0 Å². The van der Waals surface area contributed by atoms with Gasteiger partial charge in [-0.05, 0) is 68.4 Å². The van der Waals surface area contributed by atoms with E-state index in [2.05, 4.69) is 11.5 Å². The second-order valence-electron chi connectivity index (χ2n) is 9.44. The zero-order valence-electron chi connectivity index (χ0n) is 19.7. The number of piperidine rings is 1. The summed E-state index contributed by atoms with van der Waals surface area (Å²) in [6.45, 7) is 4.53. The summed E-state index contributed by atoms with van der Waals surface area (Å²) in [6.07, 6.45) is -2.22. The number of hydrogen-bond donors (Lipinski definition) is 1. The van der Waals surface area contributed by atoms with Crippen LogP contribution in [0.15, 0.2) is 60.0 Å². The van der Waals surface area contributed by atoms with Crippen LogP contribution in [0.4, 0.5) is 26.3 Å². The van der Waals surface area contributed by atoms with Gasteiger partial charge in [0.25, 0.3) is 5.92 Å². The van der Waals surface area contributed by atoms with Crippen molar-refractivity contribution >= 4 is 0 Å². The largest absolute Gasteiger partial charge is 0.416 e. The lowest BCUT2D eigenvalue weighted by Crippen LogP contribution is -2.44. The fraction of sp³-hybridized carbons (Fsp3) is 0.520. The second kappa shape index (κ2) is 10.7. The van der Waals surface area contributed by atoms with E-state index in [1.165, 1.54) is 12.1 Å². The van der Waals surface area contributed by atoms with Crippen LogP contribution in [0.3, 0.4) is 0 Å². The summed E-state index contributed by atoms with van der Waals surface area (Å²) in [5.41, 5.74) is 5.20. The third kappa shape index (κ3) is 7.27. The fourth-order valence-electron chi connectivity index (χ4n) is 4.42. The lowest BCUT2D eigenvalue weighted by atomic mass is 9.73. The van der Waals surface area contributed by atoms with Crippen LogP contribution < -0.4 is 5.73 Å². The molecule has 1 aromatic carbocycles. The molecule has 3 rings (SSSR count). The lowest BCUT2D eigenvalue weighted by Gasteiger charge is -2.41. The smallest absolute Gasteiger partial charge is 0.385 e. The van der Waals surface area contributed by atoms with Crippen molar-refractivity contribution in [1.29, 1.82) is 0 Å². The first-order valence-corrected chi connectivity index (χ1v) is 11.4. The minimum Gasteiger partial charge on any atom is -0.385 e. The number of benzene rings is 1. The molecule has 2 heterocycles. The number of likely N-dealkylation sites (tertiary alicyclic amines) is 2. The number of allylic oxidation sites excluding steroid dienone is 2. The van der Waals surface area contributed by atoms with Gasteiger partial charge in [0.2, 0.25) is 0 Å². The fourth-order valence-corrected chi connectivity index (χ4v) is 4.42. The Bertz CT molecular complexity index is 947. The van der Waals surface area contributed by atoms with Gasteiger partial charge in [-0.1, -0.05) is 18.7 Å². The molecular weight excluding hydrogens is 472 g/mol. The molecule has 0 aromatic heterocycles. The average Bonchev–Trinajstić information content (AvgIpc) is 3.14. The Morgan fingerprint density at radius 2 is 1.71 bits per heavy atom. The minimum atomic E-state index is -4.75. The predicted octanol–water partition coefficient (Wildman–Crippen LogP) is 4.99. The summed E-state index contributed by atoms with van der Waals surface area (Å²) in [7, 11) is 2.00. The van der Waals surface area contributed by atoms with E-state index in [0.29, 0.717) is 6.08 Å². The molecule has 2 fully saturated rings. The molecular formula is C25H31F6N3O. The van der Waals surface area contributed by atoms with Crippen LogP contribution in [0.1, 0.15) is 24.8 Å². The number of halogens is 6. The van der Waals surface area contributed by atoms with Crippen molar-refractivity contribution in [2.75, 3.05) is 46.4 Å². The monoisotopic (exact) mass is 503 g/mol. The first-order valence-electron chi connectivity index (χ1n) is 11.4. The molecule has 35 heavy (non-hydrogen) atoms. The van der Waals surface area contributed by atoms with E-state index >= 15 is 0 Å². The lowest BCUT2D eigenvalue weighted by molar-refractivity contribution is -0.0884. The minimum absolute atomic E-state index is 0.0651. The normalized spacial score (nSPS) is 21.4. The zero-order chi connectivity index (χ0) is 25.9. The van der Waals surface area contributed by atoms with Crippen molar-refractivity contribution in [3.05, 3.63) is 71.3 Å². The number of rotatable bonds is 8. The van der Waals surface area contributed by atoms with Crippen LogP contribution in [-0.4, -0.2) is 68.3 Å². The molecule has 2 saturated heterocycles. The Morgan fingerprint density at radius 3 is 2.26 bits per heavy atom.